The molecule has 0 saturated carbocycles. The molecule has 1 aromatic rings. The standard InChI is InChI=1S/C17H30N2O2Si/c1-4-19-13-8-14-22(3,20-2)21-17(11-12-18)15-16-9-6-5-7-10-16/h4-7,9-10,17,19H,1,8,11-15,18H2,2-3H3. The second-order valence-corrected chi connectivity index (χ2v) is 9.02. The van der Waals surface area contributed by atoms with Crippen molar-refractivity contribution in [3.8, 4) is 0 Å². The normalized spacial score (nSPS) is 15.0. The highest BCUT2D eigenvalue weighted by atomic mass is 28.4. The van der Waals surface area contributed by atoms with Gasteiger partial charge >= 0.3 is 8.56 Å². The minimum atomic E-state index is -2.16. The minimum Gasteiger partial charge on any atom is -0.398 e. The molecule has 4 nitrogen and oxygen atoms in total. The van der Waals surface area contributed by atoms with Crippen molar-refractivity contribution in [3.63, 3.8) is 0 Å². The van der Waals surface area contributed by atoms with E-state index in [1.807, 2.05) is 6.07 Å². The second kappa shape index (κ2) is 10.6. The molecule has 0 aliphatic rings. The number of hydrogen-bond acceptors (Lipinski definition) is 4. The van der Waals surface area contributed by atoms with Crippen LogP contribution < -0.4 is 11.1 Å². The predicted molar refractivity (Wildman–Crippen MR) is 94.9 cm³/mol. The molecule has 3 N–H and O–H groups in total. The fourth-order valence-electron chi connectivity index (χ4n) is 2.44. The topological polar surface area (TPSA) is 56.5 Å². The van der Waals surface area contributed by atoms with E-state index in [2.05, 4.69) is 42.7 Å². The van der Waals surface area contributed by atoms with Gasteiger partial charge in [-0.2, -0.15) is 0 Å². The monoisotopic (exact) mass is 322 g/mol. The summed E-state index contributed by atoms with van der Waals surface area (Å²) in [6.45, 7) is 7.32. The van der Waals surface area contributed by atoms with E-state index in [4.69, 9.17) is 14.6 Å². The van der Waals surface area contributed by atoms with E-state index in [0.717, 1.165) is 31.9 Å². The summed E-state index contributed by atoms with van der Waals surface area (Å²) in [4.78, 5) is 0. The van der Waals surface area contributed by atoms with Gasteiger partial charge in [0, 0.05) is 13.7 Å². The van der Waals surface area contributed by atoms with Crippen LogP contribution in [0, 0.1) is 0 Å². The number of nitrogens with one attached hydrogen (secondary N) is 1. The quantitative estimate of drug-likeness (QED) is 0.459. The first-order chi connectivity index (χ1) is 10.6. The molecule has 0 amide bonds. The van der Waals surface area contributed by atoms with Crippen LogP contribution >= 0.6 is 0 Å². The smallest absolute Gasteiger partial charge is 0.334 e. The van der Waals surface area contributed by atoms with Crippen LogP contribution in [0.1, 0.15) is 18.4 Å². The molecule has 0 spiro atoms. The molecule has 22 heavy (non-hydrogen) atoms. The van der Waals surface area contributed by atoms with Gasteiger partial charge in [0.25, 0.3) is 0 Å². The van der Waals surface area contributed by atoms with E-state index in [1.165, 1.54) is 5.56 Å². The summed E-state index contributed by atoms with van der Waals surface area (Å²) >= 11 is 0. The Balaban J connectivity index is 2.59. The Morgan fingerprint density at radius 1 is 1.36 bits per heavy atom. The van der Waals surface area contributed by atoms with Crippen molar-refractivity contribution in [2.75, 3.05) is 20.2 Å². The van der Waals surface area contributed by atoms with Gasteiger partial charge in [-0.05, 0) is 50.2 Å². The van der Waals surface area contributed by atoms with E-state index in [0.29, 0.717) is 6.54 Å². The molecule has 5 heteroatoms. The van der Waals surface area contributed by atoms with E-state index < -0.39 is 8.56 Å². The van der Waals surface area contributed by atoms with Gasteiger partial charge in [-0.3, -0.25) is 0 Å². The Kier molecular flexibility index (Phi) is 9.08. The predicted octanol–water partition coefficient (Wildman–Crippen LogP) is 2.80. The lowest BCUT2D eigenvalue weighted by Crippen LogP contribution is -2.42. The SMILES string of the molecule is C=CNCCC[Si](C)(OC)OC(CCN)Cc1ccccc1. The summed E-state index contributed by atoms with van der Waals surface area (Å²) < 4.78 is 12.1. The highest BCUT2D eigenvalue weighted by molar-refractivity contribution is 6.66. The van der Waals surface area contributed by atoms with Crippen LogP contribution in [0.25, 0.3) is 0 Å². The van der Waals surface area contributed by atoms with Crippen molar-refractivity contribution in [1.29, 1.82) is 0 Å². The summed E-state index contributed by atoms with van der Waals surface area (Å²) in [6.07, 6.45) is 4.60. The van der Waals surface area contributed by atoms with Crippen LogP contribution in [0.5, 0.6) is 0 Å². The average Bonchev–Trinajstić information content (AvgIpc) is 2.53. The lowest BCUT2D eigenvalue weighted by molar-refractivity contribution is 0.126. The van der Waals surface area contributed by atoms with Gasteiger partial charge in [-0.15, -0.1) is 0 Å². The van der Waals surface area contributed by atoms with Gasteiger partial charge < -0.3 is 19.9 Å². The highest BCUT2D eigenvalue weighted by Gasteiger charge is 2.32. The number of rotatable bonds is 12. The molecule has 2 unspecified atom stereocenters. The molecular formula is C17H30N2O2Si. The van der Waals surface area contributed by atoms with Gasteiger partial charge in [-0.1, -0.05) is 36.9 Å². The maximum absolute atomic E-state index is 6.39. The maximum atomic E-state index is 6.39. The zero-order valence-corrected chi connectivity index (χ0v) is 14.9. The van der Waals surface area contributed by atoms with Gasteiger partial charge in [0.1, 0.15) is 0 Å². The van der Waals surface area contributed by atoms with Crippen molar-refractivity contribution in [1.82, 2.24) is 5.32 Å². The third-order valence-corrected chi connectivity index (χ3v) is 6.70. The summed E-state index contributed by atoms with van der Waals surface area (Å²) in [5.74, 6) is 0. The third kappa shape index (κ3) is 7.22. The maximum Gasteiger partial charge on any atom is 0.334 e. The van der Waals surface area contributed by atoms with Crippen LogP contribution in [-0.2, 0) is 15.3 Å². The van der Waals surface area contributed by atoms with Crippen molar-refractivity contribution in [2.24, 2.45) is 5.73 Å². The summed E-state index contributed by atoms with van der Waals surface area (Å²) in [5.41, 5.74) is 7.04. The molecule has 0 radical (unpaired) electrons. The summed E-state index contributed by atoms with van der Waals surface area (Å²) in [5, 5.41) is 3.12. The van der Waals surface area contributed by atoms with E-state index >= 15 is 0 Å². The van der Waals surface area contributed by atoms with E-state index in [9.17, 15) is 0 Å². The molecular weight excluding hydrogens is 292 g/mol. The first-order valence-electron chi connectivity index (χ1n) is 7.95. The largest absolute Gasteiger partial charge is 0.398 e. The Bertz CT molecular complexity index is 416. The number of hydrogen-bond donors (Lipinski definition) is 2. The van der Waals surface area contributed by atoms with E-state index in [1.54, 1.807) is 13.3 Å². The third-order valence-electron chi connectivity index (χ3n) is 3.74. The molecule has 2 atom stereocenters. The Morgan fingerprint density at radius 2 is 2.09 bits per heavy atom. The van der Waals surface area contributed by atoms with Crippen molar-refractivity contribution in [3.05, 3.63) is 48.7 Å². The van der Waals surface area contributed by atoms with Crippen molar-refractivity contribution in [2.45, 2.75) is 38.0 Å². The molecule has 0 aliphatic carbocycles. The highest BCUT2D eigenvalue weighted by Crippen LogP contribution is 2.20. The van der Waals surface area contributed by atoms with Gasteiger partial charge in [0.05, 0.1) is 6.10 Å². The lowest BCUT2D eigenvalue weighted by atomic mass is 10.1. The van der Waals surface area contributed by atoms with Crippen LogP contribution in [0.15, 0.2) is 43.1 Å². The van der Waals surface area contributed by atoms with Gasteiger partial charge in [0.15, 0.2) is 0 Å². The fourth-order valence-corrected chi connectivity index (χ4v) is 4.58. The number of benzene rings is 1. The van der Waals surface area contributed by atoms with Crippen LogP contribution in [-0.4, -0.2) is 34.9 Å². The molecule has 1 rings (SSSR count). The molecule has 0 bridgehead atoms. The molecule has 0 saturated heterocycles. The first-order valence-corrected chi connectivity index (χ1v) is 10.5. The number of nitrogens with two attached hydrogens (primary N) is 1. The molecule has 0 heterocycles. The van der Waals surface area contributed by atoms with E-state index in [-0.39, 0.29) is 6.10 Å². The average molecular weight is 323 g/mol. The van der Waals surface area contributed by atoms with Crippen molar-refractivity contribution < 1.29 is 8.85 Å². The van der Waals surface area contributed by atoms with Gasteiger partial charge in [0.2, 0.25) is 0 Å². The first kappa shape index (κ1) is 18.9. The van der Waals surface area contributed by atoms with Gasteiger partial charge in [-0.25, -0.2) is 0 Å². The Labute approximate surface area is 136 Å². The zero-order valence-electron chi connectivity index (χ0n) is 13.9. The van der Waals surface area contributed by atoms with Crippen LogP contribution in [0.3, 0.4) is 0 Å². The zero-order chi connectivity index (χ0) is 16.3. The second-order valence-electron chi connectivity index (χ2n) is 5.61. The fraction of sp³-hybridized carbons (Fsp3) is 0.529. The molecule has 0 fully saturated rings. The van der Waals surface area contributed by atoms with Crippen LogP contribution in [0.4, 0.5) is 0 Å². The van der Waals surface area contributed by atoms with Crippen LogP contribution in [0.2, 0.25) is 12.6 Å². The lowest BCUT2D eigenvalue weighted by Gasteiger charge is -2.30. The minimum absolute atomic E-state index is 0.122. The Morgan fingerprint density at radius 3 is 2.68 bits per heavy atom. The van der Waals surface area contributed by atoms with Crippen molar-refractivity contribution >= 4 is 8.56 Å². The molecule has 124 valence electrons. The Hall–Kier alpha value is -1.14. The molecule has 0 aromatic heterocycles. The molecule has 1 aromatic carbocycles. The summed E-state index contributed by atoms with van der Waals surface area (Å²) in [6, 6.07) is 11.4. The summed E-state index contributed by atoms with van der Waals surface area (Å²) in [7, 11) is -0.398. The molecule has 0 aliphatic heterocycles.